The highest BCUT2D eigenvalue weighted by Gasteiger charge is 2.55. The first kappa shape index (κ1) is 22.6. The van der Waals surface area contributed by atoms with Crippen LogP contribution in [0.1, 0.15) is 59.3 Å². The van der Waals surface area contributed by atoms with Gasteiger partial charge in [0.15, 0.2) is 6.61 Å². The lowest BCUT2D eigenvalue weighted by Gasteiger charge is -2.55. The summed E-state index contributed by atoms with van der Waals surface area (Å²) in [5.41, 5.74) is -0.341. The van der Waals surface area contributed by atoms with Crippen LogP contribution in [0.4, 0.5) is 0 Å². The van der Waals surface area contributed by atoms with Crippen molar-refractivity contribution in [2.24, 2.45) is 29.1 Å². The van der Waals surface area contributed by atoms with Crippen molar-refractivity contribution in [3.05, 3.63) is 0 Å². The molecule has 0 unspecified atom stereocenters. The van der Waals surface area contributed by atoms with E-state index < -0.39 is 24.5 Å². The van der Waals surface area contributed by atoms with Crippen LogP contribution < -0.4 is 16.0 Å². The summed E-state index contributed by atoms with van der Waals surface area (Å²) >= 11 is 0. The fraction of sp³-hybridized carbons (Fsp3) is 0.818. The molecule has 0 radical (unpaired) electrons. The summed E-state index contributed by atoms with van der Waals surface area (Å²) in [4.78, 5) is 49.1. The van der Waals surface area contributed by atoms with Crippen molar-refractivity contribution < 1.29 is 23.9 Å². The van der Waals surface area contributed by atoms with Gasteiger partial charge in [0.2, 0.25) is 11.8 Å². The Hall–Kier alpha value is -2.12. The molecule has 0 aromatic heterocycles. The normalized spacial score (nSPS) is 29.9. The van der Waals surface area contributed by atoms with E-state index in [1.165, 1.54) is 19.3 Å². The second-order valence-corrected chi connectivity index (χ2v) is 9.73. The van der Waals surface area contributed by atoms with Crippen molar-refractivity contribution in [2.45, 2.75) is 65.3 Å². The number of carbonyl (C=O) groups excluding carboxylic acids is 4. The highest BCUT2D eigenvalue weighted by molar-refractivity contribution is 5.90. The minimum Gasteiger partial charge on any atom is -0.454 e. The zero-order chi connectivity index (χ0) is 21.9. The van der Waals surface area contributed by atoms with Crippen molar-refractivity contribution in [3.8, 4) is 0 Å². The molecule has 3 N–H and O–H groups in total. The van der Waals surface area contributed by atoms with Gasteiger partial charge in [0, 0.05) is 12.0 Å². The number of likely N-dealkylation sites (N-methyl/N-ethyl adjacent to an activating group) is 1. The highest BCUT2D eigenvalue weighted by atomic mass is 16.5. The number of hydrogen-bond donors (Lipinski definition) is 3. The molecule has 8 heteroatoms. The van der Waals surface area contributed by atoms with Gasteiger partial charge in [0.1, 0.15) is 6.04 Å². The quantitative estimate of drug-likeness (QED) is 0.483. The summed E-state index contributed by atoms with van der Waals surface area (Å²) in [5.74, 6) is 0.257. The number of nitrogens with one attached hydrogen (secondary N) is 3. The Morgan fingerprint density at radius 3 is 2.00 bits per heavy atom. The topological polar surface area (TPSA) is 114 Å². The lowest BCUT2D eigenvalue weighted by atomic mass is 9.49. The molecule has 0 aliphatic heterocycles. The lowest BCUT2D eigenvalue weighted by Crippen LogP contribution is -2.57. The molecule has 168 valence electrons. The fourth-order valence-corrected chi connectivity index (χ4v) is 5.90. The molecule has 0 spiro atoms. The highest BCUT2D eigenvalue weighted by Crippen LogP contribution is 2.60. The zero-order valence-corrected chi connectivity index (χ0v) is 18.3. The van der Waals surface area contributed by atoms with Crippen LogP contribution in [0.3, 0.4) is 0 Å². The van der Waals surface area contributed by atoms with Crippen molar-refractivity contribution in [1.82, 2.24) is 16.0 Å². The third-order valence-electron chi connectivity index (χ3n) is 6.89. The molecular weight excluding hydrogens is 386 g/mol. The molecule has 0 aromatic carbocycles. The van der Waals surface area contributed by atoms with Gasteiger partial charge in [-0.1, -0.05) is 13.8 Å². The van der Waals surface area contributed by atoms with E-state index in [0.29, 0.717) is 24.3 Å². The van der Waals surface area contributed by atoms with Gasteiger partial charge >= 0.3 is 5.97 Å². The molecule has 4 bridgehead atoms. The number of carbonyl (C=O) groups is 4. The molecule has 30 heavy (non-hydrogen) atoms. The molecule has 0 aromatic rings. The van der Waals surface area contributed by atoms with Crippen molar-refractivity contribution in [1.29, 1.82) is 0 Å². The summed E-state index contributed by atoms with van der Waals surface area (Å²) in [6.45, 7) is 5.31. The van der Waals surface area contributed by atoms with Gasteiger partial charge in [0.05, 0.1) is 6.54 Å². The Morgan fingerprint density at radius 2 is 1.50 bits per heavy atom. The Morgan fingerprint density at radius 1 is 0.933 bits per heavy atom. The first-order valence-electron chi connectivity index (χ1n) is 11.2. The maximum absolute atomic E-state index is 13.3. The Kier molecular flexibility index (Phi) is 7.03. The van der Waals surface area contributed by atoms with E-state index in [1.807, 2.05) is 13.8 Å². The van der Waals surface area contributed by atoms with Crippen LogP contribution in [-0.4, -0.2) is 49.4 Å². The van der Waals surface area contributed by atoms with Gasteiger partial charge in [-0.2, -0.15) is 0 Å². The summed E-state index contributed by atoms with van der Waals surface area (Å²) < 4.78 is 5.14. The Labute approximate surface area is 178 Å². The van der Waals surface area contributed by atoms with E-state index in [9.17, 15) is 19.2 Å². The second kappa shape index (κ2) is 9.35. The average molecular weight is 422 g/mol. The molecule has 4 rings (SSSR count). The van der Waals surface area contributed by atoms with Crippen LogP contribution in [-0.2, 0) is 23.9 Å². The average Bonchev–Trinajstić information content (AvgIpc) is 2.67. The van der Waals surface area contributed by atoms with Crippen LogP contribution in [0.15, 0.2) is 0 Å². The maximum atomic E-state index is 13.3. The SMILES string of the molecule is CCNC(=O)CNC(=O)COC(=O)[C@@H](NC(=O)C12CC3CC(CC(C3)C1)C2)C(C)C. The van der Waals surface area contributed by atoms with Crippen LogP contribution in [0.5, 0.6) is 0 Å². The van der Waals surface area contributed by atoms with E-state index in [-0.39, 0.29) is 29.7 Å². The van der Waals surface area contributed by atoms with Crippen molar-refractivity contribution >= 4 is 23.7 Å². The van der Waals surface area contributed by atoms with Crippen LogP contribution in [0, 0.1) is 29.1 Å². The number of amides is 3. The lowest BCUT2D eigenvalue weighted by molar-refractivity contribution is -0.157. The van der Waals surface area contributed by atoms with E-state index >= 15 is 0 Å². The second-order valence-electron chi connectivity index (χ2n) is 9.73. The molecule has 3 amide bonds. The van der Waals surface area contributed by atoms with Gasteiger partial charge in [-0.25, -0.2) is 4.79 Å². The molecule has 1 atom stereocenters. The number of esters is 1. The molecule has 4 saturated carbocycles. The molecule has 8 nitrogen and oxygen atoms in total. The summed E-state index contributed by atoms with van der Waals surface area (Å²) in [7, 11) is 0. The van der Waals surface area contributed by atoms with E-state index in [4.69, 9.17) is 4.74 Å². The smallest absolute Gasteiger partial charge is 0.329 e. The molecular formula is C22H35N3O5. The van der Waals surface area contributed by atoms with E-state index in [0.717, 1.165) is 19.3 Å². The van der Waals surface area contributed by atoms with E-state index in [2.05, 4.69) is 16.0 Å². The van der Waals surface area contributed by atoms with Gasteiger partial charge in [-0.3, -0.25) is 14.4 Å². The van der Waals surface area contributed by atoms with Gasteiger partial charge in [-0.15, -0.1) is 0 Å². The fourth-order valence-electron chi connectivity index (χ4n) is 5.90. The number of hydrogen-bond acceptors (Lipinski definition) is 5. The Bertz CT molecular complexity index is 655. The minimum absolute atomic E-state index is 0.0297. The summed E-state index contributed by atoms with van der Waals surface area (Å²) in [6, 6.07) is -0.790. The third kappa shape index (κ3) is 5.13. The predicted molar refractivity (Wildman–Crippen MR) is 110 cm³/mol. The Balaban J connectivity index is 1.51. The molecule has 0 saturated heterocycles. The maximum Gasteiger partial charge on any atom is 0.329 e. The van der Waals surface area contributed by atoms with Crippen LogP contribution in [0.25, 0.3) is 0 Å². The third-order valence-corrected chi connectivity index (χ3v) is 6.89. The molecule has 0 heterocycles. The van der Waals surface area contributed by atoms with Gasteiger partial charge < -0.3 is 20.7 Å². The minimum atomic E-state index is -0.790. The number of rotatable bonds is 9. The largest absolute Gasteiger partial charge is 0.454 e. The van der Waals surface area contributed by atoms with Crippen molar-refractivity contribution in [3.63, 3.8) is 0 Å². The first-order chi connectivity index (χ1) is 14.2. The molecule has 4 aliphatic rings. The molecule has 4 fully saturated rings. The summed E-state index contributed by atoms with van der Waals surface area (Å²) in [6.07, 6.45) is 6.50. The first-order valence-corrected chi connectivity index (χ1v) is 11.2. The monoisotopic (exact) mass is 421 g/mol. The summed E-state index contributed by atoms with van der Waals surface area (Å²) in [5, 5.41) is 7.93. The van der Waals surface area contributed by atoms with Gasteiger partial charge in [0.25, 0.3) is 5.91 Å². The molecule has 4 aliphatic carbocycles. The zero-order valence-electron chi connectivity index (χ0n) is 18.3. The van der Waals surface area contributed by atoms with Crippen molar-refractivity contribution in [2.75, 3.05) is 19.7 Å². The predicted octanol–water partition coefficient (Wildman–Crippen LogP) is 1.14. The number of ether oxygens (including phenoxy) is 1. The standard InChI is InChI=1S/C22H35N3O5/c1-4-23-17(26)11-24-18(27)12-30-20(28)19(13(2)3)25-21(29)22-8-14-5-15(9-22)7-16(6-14)10-22/h13-16,19H,4-12H2,1-3H3,(H,23,26)(H,24,27)(H,25,29)/t14?,15?,16?,19-,22?/m0/s1. The van der Waals surface area contributed by atoms with Crippen LogP contribution in [0.2, 0.25) is 0 Å². The van der Waals surface area contributed by atoms with E-state index in [1.54, 1.807) is 6.92 Å². The van der Waals surface area contributed by atoms with Crippen LogP contribution >= 0.6 is 0 Å². The van der Waals surface area contributed by atoms with Gasteiger partial charge in [-0.05, 0) is 69.1 Å².